The molecule has 2 amide bonds. The van der Waals surface area contributed by atoms with Gasteiger partial charge in [-0.3, -0.25) is 9.59 Å². The fourth-order valence-electron chi connectivity index (χ4n) is 7.19. The van der Waals surface area contributed by atoms with Crippen LogP contribution in [0.15, 0.2) is 12.2 Å². The highest BCUT2D eigenvalue weighted by molar-refractivity contribution is 5.89. The lowest BCUT2D eigenvalue weighted by molar-refractivity contribution is -0.134. The van der Waals surface area contributed by atoms with Crippen molar-refractivity contribution in [3.8, 4) is 6.07 Å². The van der Waals surface area contributed by atoms with Crippen LogP contribution in [0, 0.1) is 51.8 Å². The summed E-state index contributed by atoms with van der Waals surface area (Å²) in [5, 5.41) is 15.2. The molecule has 4 rings (SSSR count). The summed E-state index contributed by atoms with van der Waals surface area (Å²) in [5.41, 5.74) is 0.104. The first-order valence-electron chi connectivity index (χ1n) is 11.0. The number of hydrogen-bond donors (Lipinski definition) is 2. The van der Waals surface area contributed by atoms with E-state index in [4.69, 9.17) is 5.26 Å². The van der Waals surface area contributed by atoms with Crippen molar-refractivity contribution in [2.24, 2.45) is 40.4 Å². The maximum absolute atomic E-state index is 12.9. The summed E-state index contributed by atoms with van der Waals surface area (Å²) in [6.07, 6.45) is 10.4. The Morgan fingerprint density at radius 3 is 2.82 bits per heavy atom. The van der Waals surface area contributed by atoms with Gasteiger partial charge in [-0.25, -0.2) is 0 Å². The summed E-state index contributed by atoms with van der Waals surface area (Å²) in [6, 6.07) is 2.45. The Kier molecular flexibility index (Phi) is 4.80. The van der Waals surface area contributed by atoms with Gasteiger partial charge in [-0.1, -0.05) is 19.9 Å². The molecule has 3 aliphatic carbocycles. The molecule has 0 aromatic carbocycles. The molecule has 152 valence electrons. The molecule has 0 radical (unpaired) electrons. The van der Waals surface area contributed by atoms with Gasteiger partial charge in [0.2, 0.25) is 11.8 Å². The molecule has 3 fully saturated rings. The molecule has 5 heteroatoms. The van der Waals surface area contributed by atoms with Crippen molar-refractivity contribution in [3.63, 3.8) is 0 Å². The Morgan fingerprint density at radius 2 is 2.07 bits per heavy atom. The van der Waals surface area contributed by atoms with E-state index in [1.807, 2.05) is 6.92 Å². The van der Waals surface area contributed by atoms with E-state index in [2.05, 4.69) is 36.6 Å². The maximum atomic E-state index is 12.9. The number of nitrogens with one attached hydrogen (secondary N) is 2. The number of nitrogens with zero attached hydrogens (tertiary/aromatic N) is 1. The van der Waals surface area contributed by atoms with Crippen molar-refractivity contribution in [3.05, 3.63) is 12.2 Å². The number of fused-ring (bicyclic) bond motifs is 5. The van der Waals surface area contributed by atoms with Crippen LogP contribution in [0.1, 0.15) is 59.3 Å². The van der Waals surface area contributed by atoms with E-state index in [0.29, 0.717) is 24.3 Å². The minimum Gasteiger partial charge on any atom is -0.355 e. The third-order valence-corrected chi connectivity index (χ3v) is 8.81. The zero-order chi connectivity index (χ0) is 20.1. The van der Waals surface area contributed by atoms with E-state index in [-0.39, 0.29) is 40.5 Å². The lowest BCUT2D eigenvalue weighted by Gasteiger charge is -2.58. The number of nitriles is 1. The highest BCUT2D eigenvalue weighted by Crippen LogP contribution is 2.64. The average molecular weight is 384 g/mol. The fourth-order valence-corrected chi connectivity index (χ4v) is 7.19. The largest absolute Gasteiger partial charge is 0.355 e. The van der Waals surface area contributed by atoms with Crippen LogP contribution < -0.4 is 10.6 Å². The maximum Gasteiger partial charge on any atom is 0.243 e. The van der Waals surface area contributed by atoms with Crippen LogP contribution in [-0.4, -0.2) is 24.4 Å². The molecule has 28 heavy (non-hydrogen) atoms. The van der Waals surface area contributed by atoms with Crippen LogP contribution in [-0.2, 0) is 9.59 Å². The zero-order valence-electron chi connectivity index (χ0n) is 17.3. The minimum absolute atomic E-state index is 0.0424. The Hall–Kier alpha value is -1.83. The molecule has 0 spiro atoms. The van der Waals surface area contributed by atoms with Crippen molar-refractivity contribution in [2.75, 3.05) is 6.54 Å². The van der Waals surface area contributed by atoms with Crippen LogP contribution in [0.5, 0.6) is 0 Å². The number of rotatable bonds is 3. The van der Waals surface area contributed by atoms with Crippen molar-refractivity contribution in [1.29, 1.82) is 5.26 Å². The highest BCUT2D eigenvalue weighted by atomic mass is 16.2. The smallest absolute Gasteiger partial charge is 0.243 e. The first-order chi connectivity index (χ1) is 13.3. The fraction of sp³-hybridized carbons (Fsp3) is 0.783. The summed E-state index contributed by atoms with van der Waals surface area (Å²) in [4.78, 5) is 24.8. The molecule has 4 aliphatic rings. The Bertz CT molecular complexity index is 741. The van der Waals surface area contributed by atoms with Crippen LogP contribution in [0.3, 0.4) is 0 Å². The van der Waals surface area contributed by atoms with E-state index in [0.717, 1.165) is 38.5 Å². The second-order valence-corrected chi connectivity index (χ2v) is 10.2. The third-order valence-electron chi connectivity index (χ3n) is 8.81. The van der Waals surface area contributed by atoms with E-state index in [1.165, 1.54) is 0 Å². The molecule has 3 saturated carbocycles. The molecule has 1 unspecified atom stereocenters. The van der Waals surface area contributed by atoms with Gasteiger partial charge in [0.15, 0.2) is 0 Å². The summed E-state index contributed by atoms with van der Waals surface area (Å²) in [6.45, 7) is 6.96. The van der Waals surface area contributed by atoms with Gasteiger partial charge in [-0.05, 0) is 74.7 Å². The second kappa shape index (κ2) is 6.90. The van der Waals surface area contributed by atoms with Gasteiger partial charge in [-0.15, -0.1) is 0 Å². The van der Waals surface area contributed by atoms with Crippen LogP contribution in [0.4, 0.5) is 0 Å². The summed E-state index contributed by atoms with van der Waals surface area (Å²) in [7, 11) is 0. The van der Waals surface area contributed by atoms with Gasteiger partial charge in [0.25, 0.3) is 0 Å². The second-order valence-electron chi connectivity index (χ2n) is 10.2. The standard InChI is InChI=1S/C23H33N3O2/c1-14(12-24)13-25-21(28)18-6-5-16-15-4-7-19-23(3,11-9-20(27)26-19)17(15)8-10-22(16,18)2/h9,11,14-19H,4-8,10,13H2,1-3H3,(H,25,28)(H,26,27)/t14?,15-,16-,17-,18+,19+,22-,23+/m0/s1. The van der Waals surface area contributed by atoms with E-state index in [1.54, 1.807) is 6.08 Å². The quantitative estimate of drug-likeness (QED) is 0.785. The molecule has 0 aromatic rings. The lowest BCUT2D eigenvalue weighted by atomic mass is 9.48. The molecule has 8 atom stereocenters. The molecule has 2 N–H and O–H groups in total. The molecule has 1 heterocycles. The minimum atomic E-state index is -0.145. The molecule has 0 bridgehead atoms. The Balaban J connectivity index is 1.52. The van der Waals surface area contributed by atoms with Crippen molar-refractivity contribution >= 4 is 11.8 Å². The summed E-state index contributed by atoms with van der Waals surface area (Å²) >= 11 is 0. The van der Waals surface area contributed by atoms with Crippen molar-refractivity contribution in [2.45, 2.75) is 65.3 Å². The van der Waals surface area contributed by atoms with Gasteiger partial charge < -0.3 is 10.6 Å². The van der Waals surface area contributed by atoms with Gasteiger partial charge >= 0.3 is 0 Å². The average Bonchev–Trinajstić information content (AvgIpc) is 3.03. The van der Waals surface area contributed by atoms with Gasteiger partial charge in [0.1, 0.15) is 0 Å². The summed E-state index contributed by atoms with van der Waals surface area (Å²) < 4.78 is 0. The van der Waals surface area contributed by atoms with Crippen molar-refractivity contribution < 1.29 is 9.59 Å². The van der Waals surface area contributed by atoms with Gasteiger partial charge in [-0.2, -0.15) is 5.26 Å². The molecular formula is C23H33N3O2. The third kappa shape index (κ3) is 2.88. The van der Waals surface area contributed by atoms with Crippen molar-refractivity contribution in [1.82, 2.24) is 10.6 Å². The topological polar surface area (TPSA) is 82.0 Å². The molecular weight excluding hydrogens is 350 g/mol. The summed E-state index contributed by atoms with van der Waals surface area (Å²) in [5.74, 6) is 1.92. The monoisotopic (exact) mass is 383 g/mol. The first-order valence-corrected chi connectivity index (χ1v) is 11.0. The first kappa shape index (κ1) is 19.5. The van der Waals surface area contributed by atoms with Crippen LogP contribution in [0.2, 0.25) is 0 Å². The molecule has 1 aliphatic heterocycles. The number of hydrogen-bond acceptors (Lipinski definition) is 3. The Morgan fingerprint density at radius 1 is 1.29 bits per heavy atom. The Labute approximate surface area is 168 Å². The van der Waals surface area contributed by atoms with E-state index < -0.39 is 0 Å². The SMILES string of the molecule is CC(C#N)CNC(=O)[C@H]1CC[C@H]2[C@@H]3CC[C@H]4NC(=O)C=C[C@]4(C)[C@H]3CC[C@]12C. The number of amides is 2. The van der Waals surface area contributed by atoms with Crippen LogP contribution in [0.25, 0.3) is 0 Å². The van der Waals surface area contributed by atoms with Gasteiger partial charge in [0, 0.05) is 23.9 Å². The molecule has 5 nitrogen and oxygen atoms in total. The predicted molar refractivity (Wildman–Crippen MR) is 107 cm³/mol. The zero-order valence-corrected chi connectivity index (χ0v) is 17.3. The number of carbonyl (C=O) groups excluding carboxylic acids is 2. The van der Waals surface area contributed by atoms with E-state index >= 15 is 0 Å². The lowest BCUT2D eigenvalue weighted by Crippen LogP contribution is -2.59. The molecule has 0 saturated heterocycles. The normalized spacial score (nSPS) is 45.1. The van der Waals surface area contributed by atoms with E-state index in [9.17, 15) is 9.59 Å². The number of carbonyl (C=O) groups is 2. The molecule has 0 aromatic heterocycles. The predicted octanol–water partition coefficient (Wildman–Crippen LogP) is 3.18. The highest BCUT2D eigenvalue weighted by Gasteiger charge is 2.60. The van der Waals surface area contributed by atoms with Crippen LogP contribution >= 0.6 is 0 Å². The van der Waals surface area contributed by atoms with Gasteiger partial charge in [0.05, 0.1) is 12.0 Å².